The Morgan fingerprint density at radius 1 is 1.33 bits per heavy atom. The number of ether oxygens (including phenoxy) is 1. The van der Waals surface area contributed by atoms with Gasteiger partial charge in [0.2, 0.25) is 5.91 Å². The SMILES string of the molecule is CN1CC[C@@H]2C(C)(C)OC(=O)[C@]2(C)C1=O. The largest absolute Gasteiger partial charge is 0.459 e. The van der Waals surface area contributed by atoms with E-state index in [0.717, 1.165) is 6.42 Å². The monoisotopic (exact) mass is 211 g/mol. The molecule has 0 aromatic rings. The fraction of sp³-hybridized carbons (Fsp3) is 0.818. The molecule has 2 fully saturated rings. The van der Waals surface area contributed by atoms with E-state index in [-0.39, 0.29) is 17.8 Å². The molecule has 0 radical (unpaired) electrons. The second-order valence-electron chi connectivity index (χ2n) is 5.26. The average Bonchev–Trinajstić information content (AvgIpc) is 2.29. The smallest absolute Gasteiger partial charge is 0.322 e. The van der Waals surface area contributed by atoms with Crippen molar-refractivity contribution in [3.63, 3.8) is 0 Å². The first-order valence-electron chi connectivity index (χ1n) is 5.29. The van der Waals surface area contributed by atoms with Crippen LogP contribution in [0.15, 0.2) is 0 Å². The zero-order chi connectivity index (χ0) is 11.4. The van der Waals surface area contributed by atoms with Crippen LogP contribution in [0, 0.1) is 11.3 Å². The molecule has 2 rings (SSSR count). The van der Waals surface area contributed by atoms with Gasteiger partial charge in [0.15, 0.2) is 5.41 Å². The minimum absolute atomic E-state index is 0.00111. The molecule has 0 N–H and O–H groups in total. The standard InChI is InChI=1S/C11H17NO3/c1-10(2)7-5-6-12(4)8(13)11(7,3)9(14)15-10/h7H,5-6H2,1-4H3/t7-,11+/m1/s1. The van der Waals surface area contributed by atoms with Gasteiger partial charge >= 0.3 is 5.97 Å². The molecule has 2 atom stereocenters. The van der Waals surface area contributed by atoms with Crippen molar-refractivity contribution in [3.8, 4) is 0 Å². The van der Waals surface area contributed by atoms with Crippen LogP contribution >= 0.6 is 0 Å². The van der Waals surface area contributed by atoms with Crippen molar-refractivity contribution in [2.24, 2.45) is 11.3 Å². The lowest BCUT2D eigenvalue weighted by Gasteiger charge is -2.39. The van der Waals surface area contributed by atoms with E-state index in [0.29, 0.717) is 6.54 Å². The summed E-state index contributed by atoms with van der Waals surface area (Å²) in [6, 6.07) is 0. The van der Waals surface area contributed by atoms with E-state index in [1.807, 2.05) is 13.8 Å². The first-order chi connectivity index (χ1) is 6.80. The number of carbonyl (C=O) groups excluding carboxylic acids is 2. The molecule has 0 spiro atoms. The Bertz CT molecular complexity index is 337. The maximum Gasteiger partial charge on any atom is 0.322 e. The van der Waals surface area contributed by atoms with Gasteiger partial charge in [0.05, 0.1) is 0 Å². The topological polar surface area (TPSA) is 46.6 Å². The van der Waals surface area contributed by atoms with Crippen LogP contribution in [0.25, 0.3) is 0 Å². The second kappa shape index (κ2) is 2.74. The molecule has 0 aliphatic carbocycles. The second-order valence-corrected chi connectivity index (χ2v) is 5.26. The molecule has 2 heterocycles. The van der Waals surface area contributed by atoms with E-state index in [4.69, 9.17) is 4.74 Å². The van der Waals surface area contributed by atoms with Crippen molar-refractivity contribution in [2.75, 3.05) is 13.6 Å². The number of cyclic esters (lactones) is 1. The highest BCUT2D eigenvalue weighted by molar-refractivity contribution is 6.04. The van der Waals surface area contributed by atoms with Crippen LogP contribution in [-0.2, 0) is 14.3 Å². The fourth-order valence-corrected chi connectivity index (χ4v) is 2.95. The number of hydrogen-bond donors (Lipinski definition) is 0. The van der Waals surface area contributed by atoms with Gasteiger partial charge in [0, 0.05) is 19.5 Å². The third kappa shape index (κ3) is 1.13. The highest BCUT2D eigenvalue weighted by atomic mass is 16.6. The van der Waals surface area contributed by atoms with Gasteiger partial charge in [0.1, 0.15) is 5.60 Å². The molecule has 84 valence electrons. The molecule has 4 nitrogen and oxygen atoms in total. The lowest BCUT2D eigenvalue weighted by Crippen LogP contribution is -2.53. The van der Waals surface area contributed by atoms with Crippen LogP contribution in [0.4, 0.5) is 0 Å². The molecule has 1 amide bonds. The number of rotatable bonds is 0. The number of piperidine rings is 1. The molecule has 15 heavy (non-hydrogen) atoms. The number of carbonyl (C=O) groups is 2. The van der Waals surface area contributed by atoms with E-state index in [2.05, 4.69) is 0 Å². The quantitative estimate of drug-likeness (QED) is 0.440. The predicted molar refractivity (Wildman–Crippen MR) is 54.0 cm³/mol. The maximum absolute atomic E-state index is 12.1. The van der Waals surface area contributed by atoms with Gasteiger partial charge in [0.25, 0.3) is 0 Å². The number of fused-ring (bicyclic) bond motifs is 1. The Hall–Kier alpha value is -1.06. The predicted octanol–water partition coefficient (Wildman–Crippen LogP) is 0.806. The molecule has 0 aromatic heterocycles. The van der Waals surface area contributed by atoms with E-state index < -0.39 is 11.0 Å². The van der Waals surface area contributed by atoms with E-state index in [9.17, 15) is 9.59 Å². The third-order valence-corrected chi connectivity index (χ3v) is 3.86. The van der Waals surface area contributed by atoms with Gasteiger partial charge in [-0.2, -0.15) is 0 Å². The van der Waals surface area contributed by atoms with Gasteiger partial charge < -0.3 is 9.64 Å². The molecule has 2 aliphatic rings. The highest BCUT2D eigenvalue weighted by Gasteiger charge is 2.64. The summed E-state index contributed by atoms with van der Waals surface area (Å²) in [4.78, 5) is 25.5. The maximum atomic E-state index is 12.1. The molecule has 2 aliphatic heterocycles. The van der Waals surface area contributed by atoms with E-state index in [1.165, 1.54) is 0 Å². The van der Waals surface area contributed by atoms with E-state index in [1.54, 1.807) is 18.9 Å². The first-order valence-corrected chi connectivity index (χ1v) is 5.29. The summed E-state index contributed by atoms with van der Waals surface area (Å²) in [7, 11) is 1.74. The Labute approximate surface area is 89.6 Å². The molecular formula is C11H17NO3. The fourth-order valence-electron chi connectivity index (χ4n) is 2.95. The van der Waals surface area contributed by atoms with Crippen molar-refractivity contribution < 1.29 is 14.3 Å². The molecule has 0 bridgehead atoms. The summed E-state index contributed by atoms with van der Waals surface area (Å²) in [5.41, 5.74) is -1.47. The van der Waals surface area contributed by atoms with Crippen molar-refractivity contribution in [3.05, 3.63) is 0 Å². The van der Waals surface area contributed by atoms with Crippen LogP contribution in [0.3, 0.4) is 0 Å². The number of likely N-dealkylation sites (tertiary alicyclic amines) is 1. The van der Waals surface area contributed by atoms with Crippen LogP contribution in [0.5, 0.6) is 0 Å². The molecule has 2 saturated heterocycles. The Kier molecular flexibility index (Phi) is 1.91. The summed E-state index contributed by atoms with van der Waals surface area (Å²) >= 11 is 0. The zero-order valence-electron chi connectivity index (χ0n) is 9.66. The molecular weight excluding hydrogens is 194 g/mol. The zero-order valence-corrected chi connectivity index (χ0v) is 9.66. The minimum Gasteiger partial charge on any atom is -0.459 e. The summed E-state index contributed by atoms with van der Waals surface area (Å²) in [6.07, 6.45) is 0.831. The van der Waals surface area contributed by atoms with Crippen molar-refractivity contribution in [2.45, 2.75) is 32.8 Å². The Morgan fingerprint density at radius 3 is 2.53 bits per heavy atom. The Morgan fingerprint density at radius 2 is 1.93 bits per heavy atom. The third-order valence-electron chi connectivity index (χ3n) is 3.86. The summed E-state index contributed by atoms with van der Waals surface area (Å²) in [5, 5.41) is 0. The van der Waals surface area contributed by atoms with Crippen LogP contribution in [0.1, 0.15) is 27.2 Å². The van der Waals surface area contributed by atoms with Crippen LogP contribution in [0.2, 0.25) is 0 Å². The number of amides is 1. The first kappa shape index (κ1) is 10.5. The van der Waals surface area contributed by atoms with Gasteiger partial charge in [-0.15, -0.1) is 0 Å². The molecule has 0 unspecified atom stereocenters. The Balaban J connectivity index is 2.46. The number of nitrogens with zero attached hydrogens (tertiary/aromatic N) is 1. The minimum atomic E-state index is -0.962. The van der Waals surface area contributed by atoms with Gasteiger partial charge in [-0.3, -0.25) is 9.59 Å². The van der Waals surface area contributed by atoms with Crippen LogP contribution in [-0.4, -0.2) is 36.0 Å². The van der Waals surface area contributed by atoms with Crippen molar-refractivity contribution in [1.82, 2.24) is 4.90 Å². The highest BCUT2D eigenvalue weighted by Crippen LogP contribution is 2.50. The number of esters is 1. The lowest BCUT2D eigenvalue weighted by molar-refractivity contribution is -0.159. The summed E-state index contributed by atoms with van der Waals surface area (Å²) in [6.45, 7) is 6.20. The molecule has 0 saturated carbocycles. The van der Waals surface area contributed by atoms with E-state index >= 15 is 0 Å². The number of hydrogen-bond acceptors (Lipinski definition) is 3. The van der Waals surface area contributed by atoms with Gasteiger partial charge in [-0.25, -0.2) is 0 Å². The average molecular weight is 211 g/mol. The normalized spacial score (nSPS) is 38.9. The van der Waals surface area contributed by atoms with Crippen molar-refractivity contribution >= 4 is 11.9 Å². The summed E-state index contributed by atoms with van der Waals surface area (Å²) in [5.74, 6) is -0.468. The van der Waals surface area contributed by atoms with Crippen LogP contribution < -0.4 is 0 Å². The summed E-state index contributed by atoms with van der Waals surface area (Å²) < 4.78 is 5.33. The van der Waals surface area contributed by atoms with Gasteiger partial charge in [-0.1, -0.05) is 0 Å². The molecule has 0 aromatic carbocycles. The van der Waals surface area contributed by atoms with Crippen molar-refractivity contribution in [1.29, 1.82) is 0 Å². The van der Waals surface area contributed by atoms with Gasteiger partial charge in [-0.05, 0) is 27.2 Å². The molecule has 4 heteroatoms. The lowest BCUT2D eigenvalue weighted by atomic mass is 9.67.